The molecule has 2 aromatic rings. The van der Waals surface area contributed by atoms with Gasteiger partial charge < -0.3 is 10.00 Å². The molecule has 0 radical (unpaired) electrons. The Bertz CT molecular complexity index is 660. The van der Waals surface area contributed by atoms with Gasteiger partial charge in [0.1, 0.15) is 6.04 Å². The molecule has 7 heteroatoms. The lowest BCUT2D eigenvalue weighted by atomic mass is 10.1. The molecule has 1 heterocycles. The molecule has 0 aliphatic carbocycles. The first-order valence-corrected chi connectivity index (χ1v) is 10.1. The highest BCUT2D eigenvalue weighted by molar-refractivity contribution is 7.55. The molecule has 2 atom stereocenters. The van der Waals surface area contributed by atoms with Gasteiger partial charge in [-0.2, -0.15) is 11.3 Å². The first-order valence-electron chi connectivity index (χ1n) is 7.34. The average molecular weight is 353 g/mol. The maximum absolute atomic E-state index is 12.3. The van der Waals surface area contributed by atoms with E-state index in [-0.39, 0.29) is 6.16 Å². The van der Waals surface area contributed by atoms with Crippen molar-refractivity contribution in [1.82, 2.24) is 5.09 Å². The van der Waals surface area contributed by atoms with Gasteiger partial charge in [-0.25, -0.2) is 5.09 Å². The van der Waals surface area contributed by atoms with Crippen LogP contribution in [-0.2, 0) is 21.9 Å². The predicted octanol–water partition coefficient (Wildman–Crippen LogP) is 3.50. The zero-order chi connectivity index (χ0) is 16.7. The maximum Gasteiger partial charge on any atom is 0.321 e. The first-order chi connectivity index (χ1) is 11.0. The zero-order valence-electron chi connectivity index (χ0n) is 12.6. The minimum Gasteiger partial charge on any atom is -0.480 e. The second-order valence-corrected chi connectivity index (χ2v) is 8.15. The molecular weight excluding hydrogens is 333 g/mol. The molecule has 0 saturated carbocycles. The zero-order valence-corrected chi connectivity index (χ0v) is 14.3. The molecule has 0 spiro atoms. The fraction of sp³-hybridized carbons (Fsp3) is 0.312. The summed E-state index contributed by atoms with van der Waals surface area (Å²) in [4.78, 5) is 21.4. The van der Waals surface area contributed by atoms with E-state index in [0.29, 0.717) is 18.4 Å². The number of carboxylic acids is 1. The Morgan fingerprint density at radius 3 is 2.57 bits per heavy atom. The molecular formula is C16H20NO4PS. The monoisotopic (exact) mass is 353 g/mol. The topological polar surface area (TPSA) is 86.6 Å². The molecule has 2 unspecified atom stereocenters. The number of aryl methyl sites for hydroxylation is 1. The Morgan fingerprint density at radius 2 is 1.96 bits per heavy atom. The second kappa shape index (κ2) is 8.41. The number of carbonyl (C=O) groups is 1. The molecule has 0 aliphatic rings. The fourth-order valence-electron chi connectivity index (χ4n) is 2.31. The summed E-state index contributed by atoms with van der Waals surface area (Å²) in [5, 5.41) is 15.7. The Hall–Kier alpha value is -1.46. The van der Waals surface area contributed by atoms with Crippen LogP contribution in [0.4, 0.5) is 0 Å². The van der Waals surface area contributed by atoms with Crippen LogP contribution in [0.1, 0.15) is 24.0 Å². The number of nitrogens with one attached hydrogen (secondary N) is 1. The number of rotatable bonds is 9. The van der Waals surface area contributed by atoms with Gasteiger partial charge in [-0.3, -0.25) is 9.36 Å². The molecule has 0 bridgehead atoms. The number of hydrogen-bond donors (Lipinski definition) is 3. The SMILES string of the molecule is O=C(O)C(CCCc1ccsc1)NP(=O)(O)Cc1ccccc1. The van der Waals surface area contributed by atoms with E-state index in [2.05, 4.69) is 5.09 Å². The van der Waals surface area contributed by atoms with Gasteiger partial charge in [-0.15, -0.1) is 0 Å². The third-order valence-corrected chi connectivity index (χ3v) is 5.67. The van der Waals surface area contributed by atoms with Crippen LogP contribution in [0.2, 0.25) is 0 Å². The van der Waals surface area contributed by atoms with Crippen molar-refractivity contribution in [3.05, 3.63) is 58.3 Å². The van der Waals surface area contributed by atoms with Crippen LogP contribution in [0.5, 0.6) is 0 Å². The Balaban J connectivity index is 1.89. The molecule has 1 aromatic heterocycles. The van der Waals surface area contributed by atoms with E-state index in [4.69, 9.17) is 0 Å². The van der Waals surface area contributed by atoms with Crippen molar-refractivity contribution in [3.63, 3.8) is 0 Å². The maximum atomic E-state index is 12.3. The predicted molar refractivity (Wildman–Crippen MR) is 91.8 cm³/mol. The second-order valence-electron chi connectivity index (χ2n) is 5.39. The van der Waals surface area contributed by atoms with Gasteiger partial charge in [-0.05, 0) is 47.2 Å². The van der Waals surface area contributed by atoms with Crippen molar-refractivity contribution >= 4 is 24.8 Å². The van der Waals surface area contributed by atoms with Crippen LogP contribution >= 0.6 is 18.9 Å². The summed E-state index contributed by atoms with van der Waals surface area (Å²) in [6.45, 7) is 0. The number of carboxylic acid groups (broad SMARTS) is 1. The minimum atomic E-state index is -3.75. The van der Waals surface area contributed by atoms with Crippen molar-refractivity contribution < 1.29 is 19.4 Å². The molecule has 2 rings (SSSR count). The molecule has 124 valence electrons. The van der Waals surface area contributed by atoms with Crippen molar-refractivity contribution in [1.29, 1.82) is 0 Å². The van der Waals surface area contributed by atoms with E-state index < -0.39 is 19.5 Å². The van der Waals surface area contributed by atoms with Gasteiger partial charge in [0, 0.05) is 0 Å². The lowest BCUT2D eigenvalue weighted by Gasteiger charge is -2.19. The van der Waals surface area contributed by atoms with Crippen molar-refractivity contribution in [3.8, 4) is 0 Å². The first kappa shape index (κ1) is 17.9. The molecule has 23 heavy (non-hydrogen) atoms. The van der Waals surface area contributed by atoms with Crippen LogP contribution in [-0.4, -0.2) is 22.0 Å². The third-order valence-electron chi connectivity index (χ3n) is 3.43. The number of aliphatic carboxylic acids is 1. The highest BCUT2D eigenvalue weighted by Crippen LogP contribution is 2.40. The van der Waals surface area contributed by atoms with Gasteiger partial charge in [0.05, 0.1) is 6.16 Å². The largest absolute Gasteiger partial charge is 0.480 e. The van der Waals surface area contributed by atoms with Crippen LogP contribution in [0, 0.1) is 0 Å². The number of hydrogen-bond acceptors (Lipinski definition) is 3. The lowest BCUT2D eigenvalue weighted by Crippen LogP contribution is -2.34. The molecule has 3 N–H and O–H groups in total. The standard InChI is InChI=1S/C16H20NO4PS/c18-16(19)15(8-4-7-14-9-10-23-12-14)17-22(20,21)11-13-5-2-1-3-6-13/h1-3,5-6,9-10,12,15H,4,7-8,11H2,(H,18,19)(H2,17,20,21). The Kier molecular flexibility index (Phi) is 6.54. The van der Waals surface area contributed by atoms with Crippen molar-refractivity contribution in [2.45, 2.75) is 31.5 Å². The van der Waals surface area contributed by atoms with Crippen LogP contribution in [0.15, 0.2) is 47.2 Å². The smallest absolute Gasteiger partial charge is 0.321 e. The van der Waals surface area contributed by atoms with E-state index in [1.807, 2.05) is 22.9 Å². The van der Waals surface area contributed by atoms with Gasteiger partial charge in [0.25, 0.3) is 7.52 Å². The van der Waals surface area contributed by atoms with Crippen molar-refractivity contribution in [2.75, 3.05) is 0 Å². The summed E-state index contributed by atoms with van der Waals surface area (Å²) in [6.07, 6.45) is 1.64. The lowest BCUT2D eigenvalue weighted by molar-refractivity contribution is -0.139. The van der Waals surface area contributed by atoms with E-state index in [1.54, 1.807) is 35.6 Å². The van der Waals surface area contributed by atoms with E-state index in [9.17, 15) is 19.4 Å². The van der Waals surface area contributed by atoms with Crippen LogP contribution in [0.3, 0.4) is 0 Å². The van der Waals surface area contributed by atoms with Gasteiger partial charge in [0.2, 0.25) is 0 Å². The molecule has 0 aliphatic heterocycles. The third kappa shape index (κ3) is 6.28. The van der Waals surface area contributed by atoms with E-state index in [1.165, 1.54) is 0 Å². The molecule has 0 amide bonds. The molecule has 1 aromatic carbocycles. The van der Waals surface area contributed by atoms with Gasteiger partial charge in [-0.1, -0.05) is 30.3 Å². The van der Waals surface area contributed by atoms with Crippen molar-refractivity contribution in [2.24, 2.45) is 0 Å². The summed E-state index contributed by atoms with van der Waals surface area (Å²) in [6, 6.07) is 9.86. The highest BCUT2D eigenvalue weighted by Gasteiger charge is 2.27. The minimum absolute atomic E-state index is 0.0812. The summed E-state index contributed by atoms with van der Waals surface area (Å²) in [7, 11) is -3.75. The normalized spacial score (nSPS) is 15.0. The number of benzene rings is 1. The fourth-order valence-corrected chi connectivity index (χ4v) is 4.54. The Morgan fingerprint density at radius 1 is 1.22 bits per heavy atom. The average Bonchev–Trinajstić information content (AvgIpc) is 2.99. The van der Waals surface area contributed by atoms with E-state index >= 15 is 0 Å². The summed E-state index contributed by atoms with van der Waals surface area (Å²) in [5.41, 5.74) is 1.86. The summed E-state index contributed by atoms with van der Waals surface area (Å²) >= 11 is 1.60. The Labute approximate surface area is 139 Å². The molecule has 5 nitrogen and oxygen atoms in total. The molecule has 0 fully saturated rings. The van der Waals surface area contributed by atoms with Gasteiger partial charge in [0.15, 0.2) is 0 Å². The van der Waals surface area contributed by atoms with Gasteiger partial charge >= 0.3 is 5.97 Å². The van der Waals surface area contributed by atoms with E-state index in [0.717, 1.165) is 12.0 Å². The highest BCUT2D eigenvalue weighted by atomic mass is 32.1. The van der Waals surface area contributed by atoms with Crippen LogP contribution < -0.4 is 5.09 Å². The quantitative estimate of drug-likeness (QED) is 0.601. The number of thiophene rings is 1. The summed E-state index contributed by atoms with van der Waals surface area (Å²) in [5.74, 6) is -1.10. The summed E-state index contributed by atoms with van der Waals surface area (Å²) < 4.78 is 12.3. The van der Waals surface area contributed by atoms with Crippen LogP contribution in [0.25, 0.3) is 0 Å². The molecule has 0 saturated heterocycles.